The third-order valence-corrected chi connectivity index (χ3v) is 4.87. The first-order valence-electron chi connectivity index (χ1n) is 9.39. The fraction of sp³-hybridized carbons (Fsp3) is 0.286. The Labute approximate surface area is 177 Å². The summed E-state index contributed by atoms with van der Waals surface area (Å²) in [5, 5.41) is 19.7. The second-order valence-electron chi connectivity index (χ2n) is 6.98. The fourth-order valence-electron chi connectivity index (χ4n) is 3.22. The van der Waals surface area contributed by atoms with Gasteiger partial charge in [-0.1, -0.05) is 29.4 Å². The Bertz CT molecular complexity index is 1160. The lowest BCUT2D eigenvalue weighted by molar-refractivity contribution is -0.139. The van der Waals surface area contributed by atoms with Crippen LogP contribution in [0.5, 0.6) is 5.75 Å². The second-order valence-corrected chi connectivity index (χ2v) is 6.98. The number of carbonyl (C=O) groups is 2. The molecule has 2 aromatic heterocycles. The van der Waals surface area contributed by atoms with E-state index in [0.717, 1.165) is 0 Å². The minimum atomic E-state index is -1.17. The van der Waals surface area contributed by atoms with Gasteiger partial charge in [0.05, 0.1) is 24.6 Å². The van der Waals surface area contributed by atoms with Gasteiger partial charge in [-0.25, -0.2) is 9.48 Å². The molecule has 0 aliphatic heterocycles. The van der Waals surface area contributed by atoms with Crippen molar-refractivity contribution >= 4 is 11.9 Å². The largest absolute Gasteiger partial charge is 0.494 e. The molecule has 1 atom stereocenters. The van der Waals surface area contributed by atoms with Gasteiger partial charge in [0.1, 0.15) is 17.4 Å². The first kappa shape index (κ1) is 21.8. The van der Waals surface area contributed by atoms with Gasteiger partial charge in [-0.3, -0.25) is 9.59 Å². The number of methoxy groups -OCH3 is 1. The van der Waals surface area contributed by atoms with Crippen molar-refractivity contribution in [3.8, 4) is 16.9 Å². The molecule has 2 N–H and O–H groups in total. The van der Waals surface area contributed by atoms with Gasteiger partial charge in [-0.15, -0.1) is 0 Å². The maximum Gasteiger partial charge on any atom is 0.326 e. The van der Waals surface area contributed by atoms with Gasteiger partial charge >= 0.3 is 5.97 Å². The maximum absolute atomic E-state index is 12.5. The van der Waals surface area contributed by atoms with Crippen LogP contribution in [0.15, 0.2) is 39.8 Å². The number of nitrogens with one attached hydrogen (secondary N) is 1. The van der Waals surface area contributed by atoms with Crippen LogP contribution in [0.2, 0.25) is 0 Å². The first-order valence-corrected chi connectivity index (χ1v) is 9.39. The molecular formula is C21H22N4O6. The molecular weight excluding hydrogens is 404 g/mol. The van der Waals surface area contributed by atoms with E-state index in [-0.39, 0.29) is 17.5 Å². The molecule has 1 amide bonds. The van der Waals surface area contributed by atoms with Crippen LogP contribution in [0.3, 0.4) is 0 Å². The number of nitrogens with zero attached hydrogens (tertiary/aromatic N) is 3. The van der Waals surface area contributed by atoms with E-state index >= 15 is 0 Å². The Morgan fingerprint density at radius 2 is 1.94 bits per heavy atom. The van der Waals surface area contributed by atoms with Crippen molar-refractivity contribution in [3.05, 3.63) is 63.4 Å². The van der Waals surface area contributed by atoms with Crippen molar-refractivity contribution in [2.24, 2.45) is 7.05 Å². The Morgan fingerprint density at radius 1 is 1.26 bits per heavy atom. The summed E-state index contributed by atoms with van der Waals surface area (Å²) in [6, 6.07) is 5.64. The third-order valence-electron chi connectivity index (χ3n) is 4.87. The minimum Gasteiger partial charge on any atom is -0.494 e. The van der Waals surface area contributed by atoms with Crippen LogP contribution >= 0.6 is 0 Å². The summed E-state index contributed by atoms with van der Waals surface area (Å²) in [5.41, 5.74) is 1.92. The molecule has 0 saturated carbocycles. The highest BCUT2D eigenvalue weighted by Crippen LogP contribution is 2.25. The lowest BCUT2D eigenvalue weighted by Crippen LogP contribution is -2.42. The molecule has 31 heavy (non-hydrogen) atoms. The van der Waals surface area contributed by atoms with E-state index in [0.29, 0.717) is 33.9 Å². The zero-order chi connectivity index (χ0) is 22.7. The predicted molar refractivity (Wildman–Crippen MR) is 110 cm³/mol. The predicted octanol–water partition coefficient (Wildman–Crippen LogP) is 1.49. The van der Waals surface area contributed by atoms with E-state index in [9.17, 15) is 19.5 Å². The van der Waals surface area contributed by atoms with Crippen LogP contribution in [-0.4, -0.2) is 45.1 Å². The summed E-state index contributed by atoms with van der Waals surface area (Å²) in [6.45, 7) is 3.19. The Morgan fingerprint density at radius 3 is 2.48 bits per heavy atom. The number of carbonyl (C=O) groups excluding carboxylic acids is 1. The van der Waals surface area contributed by atoms with Crippen LogP contribution in [0.1, 0.15) is 27.4 Å². The average molecular weight is 426 g/mol. The van der Waals surface area contributed by atoms with E-state index in [1.54, 1.807) is 45.2 Å². The molecule has 162 valence electrons. The van der Waals surface area contributed by atoms with Crippen molar-refractivity contribution < 1.29 is 24.0 Å². The Balaban J connectivity index is 1.82. The smallest absolute Gasteiger partial charge is 0.326 e. The lowest BCUT2D eigenvalue weighted by Gasteiger charge is -2.15. The van der Waals surface area contributed by atoms with E-state index < -0.39 is 17.9 Å². The Kier molecular flexibility index (Phi) is 6.19. The molecule has 10 heteroatoms. The molecule has 3 aromatic rings. The van der Waals surface area contributed by atoms with Gasteiger partial charge in [0.25, 0.3) is 11.5 Å². The molecule has 10 nitrogen and oxygen atoms in total. The number of ether oxygens (including phenoxy) is 1. The summed E-state index contributed by atoms with van der Waals surface area (Å²) in [6.07, 6.45) is 1.51. The van der Waals surface area contributed by atoms with Gasteiger partial charge in [0.15, 0.2) is 5.75 Å². The molecule has 0 bridgehead atoms. The highest BCUT2D eigenvalue weighted by molar-refractivity contribution is 5.98. The average Bonchev–Trinajstić information content (AvgIpc) is 3.08. The summed E-state index contributed by atoms with van der Waals surface area (Å²) < 4.78 is 11.4. The van der Waals surface area contributed by atoms with Gasteiger partial charge in [0, 0.05) is 13.5 Å². The summed E-state index contributed by atoms with van der Waals surface area (Å²) in [7, 11) is 2.99. The quantitative estimate of drug-likeness (QED) is 0.580. The number of rotatable bonds is 7. The van der Waals surface area contributed by atoms with E-state index in [1.165, 1.54) is 18.0 Å². The highest BCUT2D eigenvalue weighted by Gasteiger charge is 2.25. The molecule has 0 spiro atoms. The number of aliphatic carboxylic acids is 1. The fourth-order valence-corrected chi connectivity index (χ4v) is 3.22. The number of benzene rings is 1. The number of hydrogen-bond donors (Lipinski definition) is 2. The van der Waals surface area contributed by atoms with Crippen molar-refractivity contribution in [1.29, 1.82) is 0 Å². The van der Waals surface area contributed by atoms with Crippen LogP contribution in [0, 0.1) is 13.8 Å². The van der Waals surface area contributed by atoms with Crippen LogP contribution in [0.25, 0.3) is 11.1 Å². The van der Waals surface area contributed by atoms with Crippen molar-refractivity contribution in [3.63, 3.8) is 0 Å². The SMILES string of the molecule is COc1cnn(C)c(=O)c1-c1ccc(C[C@H](NC(=O)c2c(C)noc2C)C(=O)O)cc1. The topological polar surface area (TPSA) is 137 Å². The Hall–Kier alpha value is -3.95. The van der Waals surface area contributed by atoms with Crippen molar-refractivity contribution in [1.82, 2.24) is 20.3 Å². The minimum absolute atomic E-state index is 0.0518. The molecule has 0 saturated heterocycles. The third kappa shape index (κ3) is 4.47. The number of aromatic nitrogens is 3. The zero-order valence-corrected chi connectivity index (χ0v) is 17.5. The molecule has 0 radical (unpaired) electrons. The number of hydrogen-bond acceptors (Lipinski definition) is 7. The number of aryl methyl sites for hydroxylation is 3. The molecule has 2 heterocycles. The van der Waals surface area contributed by atoms with Gasteiger partial charge in [0.2, 0.25) is 0 Å². The van der Waals surface area contributed by atoms with Gasteiger partial charge < -0.3 is 19.7 Å². The van der Waals surface area contributed by atoms with E-state index in [1.807, 2.05) is 0 Å². The number of amides is 1. The lowest BCUT2D eigenvalue weighted by atomic mass is 10.0. The molecule has 1 aromatic carbocycles. The van der Waals surface area contributed by atoms with Gasteiger partial charge in [-0.2, -0.15) is 5.10 Å². The summed E-state index contributed by atoms with van der Waals surface area (Å²) in [5.74, 6) is -1.08. The number of carboxylic acid groups (broad SMARTS) is 1. The van der Waals surface area contributed by atoms with Crippen LogP contribution in [0.4, 0.5) is 0 Å². The monoisotopic (exact) mass is 426 g/mol. The zero-order valence-electron chi connectivity index (χ0n) is 17.5. The molecule has 3 rings (SSSR count). The normalized spacial score (nSPS) is 11.7. The molecule has 0 fully saturated rings. The van der Waals surface area contributed by atoms with Crippen molar-refractivity contribution in [2.75, 3.05) is 7.11 Å². The van der Waals surface area contributed by atoms with Crippen LogP contribution in [-0.2, 0) is 18.3 Å². The van der Waals surface area contributed by atoms with Crippen LogP contribution < -0.4 is 15.6 Å². The molecule has 0 aliphatic rings. The standard InChI is InChI=1S/C21H22N4O6/c1-11-17(12(2)31-24-11)19(26)23-15(21(28)29)9-13-5-7-14(8-6-13)18-16(30-4)10-22-25(3)20(18)27/h5-8,10,15H,9H2,1-4H3,(H,23,26)(H,28,29)/t15-/m0/s1. The first-order chi connectivity index (χ1) is 14.7. The van der Waals surface area contributed by atoms with Crippen molar-refractivity contribution in [2.45, 2.75) is 26.3 Å². The molecule has 0 aliphatic carbocycles. The summed E-state index contributed by atoms with van der Waals surface area (Å²) >= 11 is 0. The van der Waals surface area contributed by atoms with Gasteiger partial charge in [-0.05, 0) is 25.0 Å². The molecule has 0 unspecified atom stereocenters. The maximum atomic E-state index is 12.5. The highest BCUT2D eigenvalue weighted by atomic mass is 16.5. The second kappa shape index (κ2) is 8.82. The van der Waals surface area contributed by atoms with E-state index in [4.69, 9.17) is 9.26 Å². The summed E-state index contributed by atoms with van der Waals surface area (Å²) in [4.78, 5) is 36.7. The van der Waals surface area contributed by atoms with E-state index in [2.05, 4.69) is 15.6 Å². The number of carboxylic acids is 1.